The number of nitrogens with two attached hydrogens (primary N) is 1. The number of rotatable bonds is 4. The van der Waals surface area contributed by atoms with Crippen molar-refractivity contribution in [3.63, 3.8) is 0 Å². The maximum Gasteiger partial charge on any atom is 0.324 e. The molecule has 2 aliphatic carbocycles. The molecule has 9 heteroatoms. The largest absolute Gasteiger partial charge is 0.481 e. The third kappa shape index (κ3) is 1.88. The first-order valence-electron chi connectivity index (χ1n) is 5.30. The van der Waals surface area contributed by atoms with Gasteiger partial charge in [-0.3, -0.25) is 9.59 Å². The Morgan fingerprint density at radius 2 is 1.94 bits per heavy atom. The minimum absolute atomic E-state index is 0.0888. The van der Waals surface area contributed by atoms with Gasteiger partial charge < -0.3 is 15.9 Å². The van der Waals surface area contributed by atoms with Crippen molar-refractivity contribution < 1.29 is 28.2 Å². The minimum Gasteiger partial charge on any atom is -0.481 e. The van der Waals surface area contributed by atoms with E-state index in [2.05, 4.69) is 4.72 Å². The molecule has 0 aliphatic heterocycles. The van der Waals surface area contributed by atoms with Gasteiger partial charge in [-0.1, -0.05) is 0 Å². The number of carbonyl (C=O) groups is 2. The van der Waals surface area contributed by atoms with E-state index in [1.807, 2.05) is 0 Å². The van der Waals surface area contributed by atoms with Gasteiger partial charge in [0.25, 0.3) is 0 Å². The minimum atomic E-state index is -3.53. The van der Waals surface area contributed by atoms with Gasteiger partial charge in [-0.15, -0.1) is 0 Å². The van der Waals surface area contributed by atoms with Crippen molar-refractivity contribution in [3.8, 4) is 0 Å². The highest BCUT2D eigenvalue weighted by molar-refractivity contribution is 7.88. The van der Waals surface area contributed by atoms with Crippen LogP contribution in [0.4, 0.5) is 0 Å². The third-order valence-electron chi connectivity index (χ3n) is 3.74. The standard InChI is InChI=1S/C9H14N2O6S/c1-18(16,17)11-3-2-9(10,8(14)15)6-4(3)5(6)7(12)13/h3-6,11H,2,10H2,1H3,(H,12,13)(H,14,15). The number of fused-ring (bicyclic) bond motifs is 1. The smallest absolute Gasteiger partial charge is 0.324 e. The van der Waals surface area contributed by atoms with Gasteiger partial charge >= 0.3 is 11.9 Å². The molecule has 0 radical (unpaired) electrons. The van der Waals surface area contributed by atoms with Crippen LogP contribution in [0.5, 0.6) is 0 Å². The lowest BCUT2D eigenvalue weighted by Gasteiger charge is -2.24. The van der Waals surface area contributed by atoms with E-state index in [1.165, 1.54) is 0 Å². The van der Waals surface area contributed by atoms with Crippen LogP contribution in [0.2, 0.25) is 0 Å². The monoisotopic (exact) mass is 278 g/mol. The molecule has 2 saturated carbocycles. The van der Waals surface area contributed by atoms with Crippen LogP contribution in [0.1, 0.15) is 6.42 Å². The normalized spacial score (nSPS) is 42.3. The Labute approximate surface area is 103 Å². The van der Waals surface area contributed by atoms with E-state index in [9.17, 15) is 18.0 Å². The molecule has 2 aliphatic rings. The average molecular weight is 278 g/mol. The van der Waals surface area contributed by atoms with Crippen molar-refractivity contribution in [1.29, 1.82) is 0 Å². The molecule has 0 aromatic carbocycles. The van der Waals surface area contributed by atoms with E-state index in [4.69, 9.17) is 15.9 Å². The van der Waals surface area contributed by atoms with Gasteiger partial charge in [0.2, 0.25) is 10.0 Å². The van der Waals surface area contributed by atoms with Gasteiger partial charge in [-0.05, 0) is 12.3 Å². The fourth-order valence-electron chi connectivity index (χ4n) is 3.08. The van der Waals surface area contributed by atoms with E-state index < -0.39 is 51.3 Å². The molecule has 18 heavy (non-hydrogen) atoms. The second-order valence-corrected chi connectivity index (χ2v) is 6.79. The van der Waals surface area contributed by atoms with Gasteiger partial charge in [0.05, 0.1) is 12.2 Å². The fourth-order valence-corrected chi connectivity index (χ4v) is 3.87. The molecule has 0 spiro atoms. The number of hydrogen-bond donors (Lipinski definition) is 4. The number of nitrogens with one attached hydrogen (secondary N) is 1. The number of aliphatic carboxylic acids is 2. The highest BCUT2D eigenvalue weighted by atomic mass is 32.2. The second kappa shape index (κ2) is 3.65. The maximum absolute atomic E-state index is 11.2. The van der Waals surface area contributed by atoms with Crippen molar-refractivity contribution in [2.75, 3.05) is 6.26 Å². The van der Waals surface area contributed by atoms with Gasteiger partial charge in [-0.25, -0.2) is 13.1 Å². The highest BCUT2D eigenvalue weighted by Crippen LogP contribution is 2.61. The summed E-state index contributed by atoms with van der Waals surface area (Å²) in [5, 5.41) is 18.1. The first-order chi connectivity index (χ1) is 8.08. The Hall–Kier alpha value is -1.19. The number of carboxylic acids is 2. The Morgan fingerprint density at radius 3 is 2.33 bits per heavy atom. The molecule has 2 rings (SSSR count). The zero-order chi connectivity index (χ0) is 13.9. The number of hydrogen-bond acceptors (Lipinski definition) is 5. The third-order valence-corrected chi connectivity index (χ3v) is 4.47. The summed E-state index contributed by atoms with van der Waals surface area (Å²) < 4.78 is 24.6. The summed E-state index contributed by atoms with van der Waals surface area (Å²) in [5.41, 5.74) is 4.06. The molecule has 0 amide bonds. The van der Waals surface area contributed by atoms with Crippen molar-refractivity contribution in [2.45, 2.75) is 18.0 Å². The molecule has 0 bridgehead atoms. The topological polar surface area (TPSA) is 147 Å². The molecule has 8 nitrogen and oxygen atoms in total. The van der Waals surface area contributed by atoms with Crippen LogP contribution in [0.3, 0.4) is 0 Å². The zero-order valence-corrected chi connectivity index (χ0v) is 10.3. The summed E-state index contributed by atoms with van der Waals surface area (Å²) in [6.07, 6.45) is 0.853. The van der Waals surface area contributed by atoms with E-state index in [-0.39, 0.29) is 6.42 Å². The average Bonchev–Trinajstić information content (AvgIpc) is 2.82. The molecule has 102 valence electrons. The quantitative estimate of drug-likeness (QED) is 0.466. The summed E-state index contributed by atoms with van der Waals surface area (Å²) in [4.78, 5) is 22.1. The van der Waals surface area contributed by atoms with Gasteiger partial charge in [0, 0.05) is 12.0 Å². The fraction of sp³-hybridized carbons (Fsp3) is 0.778. The lowest BCUT2D eigenvalue weighted by molar-refractivity contribution is -0.145. The van der Waals surface area contributed by atoms with Crippen LogP contribution in [-0.2, 0) is 19.6 Å². The van der Waals surface area contributed by atoms with Crippen LogP contribution in [-0.4, -0.2) is 48.4 Å². The van der Waals surface area contributed by atoms with E-state index in [0.29, 0.717) is 0 Å². The molecule has 0 heterocycles. The van der Waals surface area contributed by atoms with Crippen molar-refractivity contribution in [2.24, 2.45) is 23.5 Å². The van der Waals surface area contributed by atoms with E-state index in [1.54, 1.807) is 0 Å². The molecule has 5 N–H and O–H groups in total. The van der Waals surface area contributed by atoms with Crippen molar-refractivity contribution in [1.82, 2.24) is 4.72 Å². The summed E-state index contributed by atoms with van der Waals surface area (Å²) >= 11 is 0. The summed E-state index contributed by atoms with van der Waals surface area (Å²) in [7, 11) is -3.53. The molecule has 5 unspecified atom stereocenters. The molecule has 0 saturated heterocycles. The lowest BCUT2D eigenvalue weighted by atomic mass is 9.90. The van der Waals surface area contributed by atoms with E-state index >= 15 is 0 Å². The van der Waals surface area contributed by atoms with Gasteiger partial charge in [0.15, 0.2) is 0 Å². The molecule has 0 aromatic rings. The molecule has 0 aromatic heterocycles. The lowest BCUT2D eigenvalue weighted by Crippen LogP contribution is -2.52. The van der Waals surface area contributed by atoms with E-state index in [0.717, 1.165) is 6.26 Å². The molecular formula is C9H14N2O6S. The van der Waals surface area contributed by atoms with Crippen molar-refractivity contribution in [3.05, 3.63) is 0 Å². The highest BCUT2D eigenvalue weighted by Gasteiger charge is 2.74. The summed E-state index contributed by atoms with van der Waals surface area (Å²) in [6.45, 7) is 0. The Kier molecular flexibility index (Phi) is 2.69. The second-order valence-electron chi connectivity index (χ2n) is 5.01. The first-order valence-corrected chi connectivity index (χ1v) is 7.19. The maximum atomic E-state index is 11.2. The van der Waals surface area contributed by atoms with Crippen LogP contribution in [0.15, 0.2) is 0 Å². The number of sulfonamides is 1. The number of carboxylic acid groups (broad SMARTS) is 2. The molecular weight excluding hydrogens is 264 g/mol. The van der Waals surface area contributed by atoms with Crippen molar-refractivity contribution >= 4 is 22.0 Å². The Bertz CT molecular complexity index is 517. The SMILES string of the molecule is CS(=O)(=O)NC1CC(N)(C(=O)O)C2C(C(=O)O)C12. The summed E-state index contributed by atoms with van der Waals surface area (Å²) in [5.74, 6) is -4.58. The summed E-state index contributed by atoms with van der Waals surface area (Å²) in [6, 6.07) is -0.729. The van der Waals surface area contributed by atoms with Gasteiger partial charge in [-0.2, -0.15) is 0 Å². The van der Waals surface area contributed by atoms with Crippen LogP contribution in [0, 0.1) is 17.8 Å². The van der Waals surface area contributed by atoms with Crippen LogP contribution in [0.25, 0.3) is 0 Å². The van der Waals surface area contributed by atoms with Crippen LogP contribution < -0.4 is 10.5 Å². The molecule has 2 fully saturated rings. The Morgan fingerprint density at radius 1 is 1.39 bits per heavy atom. The van der Waals surface area contributed by atoms with Gasteiger partial charge in [0.1, 0.15) is 5.54 Å². The molecule has 5 atom stereocenters. The van der Waals surface area contributed by atoms with Crippen LogP contribution >= 0.6 is 0 Å². The predicted octanol–water partition coefficient (Wildman–Crippen LogP) is -1.96. The zero-order valence-electron chi connectivity index (χ0n) is 9.53. The first kappa shape index (κ1) is 13.2. The predicted molar refractivity (Wildman–Crippen MR) is 59.0 cm³/mol. The Balaban J connectivity index is 2.27.